The van der Waals surface area contributed by atoms with Crippen molar-refractivity contribution in [3.05, 3.63) is 23.7 Å². The summed E-state index contributed by atoms with van der Waals surface area (Å²) in [5.74, 6) is 2.21. The SMILES string of the molecule is CN(C)c1noc(C2CCCN(c3ccc(C#N)nn3)C2)n1. The van der Waals surface area contributed by atoms with Gasteiger partial charge in [-0.05, 0) is 30.1 Å². The summed E-state index contributed by atoms with van der Waals surface area (Å²) in [5.41, 5.74) is 0.324. The molecule has 0 bridgehead atoms. The molecule has 0 aromatic carbocycles. The van der Waals surface area contributed by atoms with Gasteiger partial charge >= 0.3 is 0 Å². The van der Waals surface area contributed by atoms with Crippen LogP contribution in [0.15, 0.2) is 16.7 Å². The summed E-state index contributed by atoms with van der Waals surface area (Å²) in [6, 6.07) is 5.48. The molecule has 0 saturated carbocycles. The van der Waals surface area contributed by atoms with E-state index in [1.165, 1.54) is 0 Å². The van der Waals surface area contributed by atoms with Crippen LogP contribution in [0.25, 0.3) is 0 Å². The molecule has 1 fully saturated rings. The standard InChI is InChI=1S/C14H17N7O/c1-20(2)14-16-13(22-19-14)10-4-3-7-21(9-10)12-6-5-11(8-15)17-18-12/h5-6,10H,3-4,7,9H2,1-2H3. The van der Waals surface area contributed by atoms with Gasteiger partial charge in [0.05, 0.1) is 5.92 Å². The highest BCUT2D eigenvalue weighted by Gasteiger charge is 2.27. The summed E-state index contributed by atoms with van der Waals surface area (Å²) in [6.45, 7) is 1.67. The molecule has 3 heterocycles. The smallest absolute Gasteiger partial charge is 0.265 e. The quantitative estimate of drug-likeness (QED) is 0.833. The third-order valence-corrected chi connectivity index (χ3v) is 3.69. The molecule has 1 aliphatic heterocycles. The van der Waals surface area contributed by atoms with E-state index in [0.29, 0.717) is 17.5 Å². The first-order valence-corrected chi connectivity index (χ1v) is 7.17. The molecule has 8 nitrogen and oxygen atoms in total. The van der Waals surface area contributed by atoms with Crippen LogP contribution in [-0.4, -0.2) is 47.5 Å². The molecule has 22 heavy (non-hydrogen) atoms. The van der Waals surface area contributed by atoms with Crippen LogP contribution >= 0.6 is 0 Å². The second kappa shape index (κ2) is 5.97. The Morgan fingerprint density at radius 2 is 2.23 bits per heavy atom. The molecule has 0 aliphatic carbocycles. The first-order valence-electron chi connectivity index (χ1n) is 7.17. The van der Waals surface area contributed by atoms with Crippen molar-refractivity contribution < 1.29 is 4.52 Å². The fraction of sp³-hybridized carbons (Fsp3) is 0.500. The van der Waals surface area contributed by atoms with Crippen LogP contribution in [0.4, 0.5) is 11.8 Å². The Hall–Kier alpha value is -2.69. The molecule has 0 amide bonds. The number of piperidine rings is 1. The monoisotopic (exact) mass is 299 g/mol. The van der Waals surface area contributed by atoms with Crippen molar-refractivity contribution in [1.29, 1.82) is 5.26 Å². The summed E-state index contributed by atoms with van der Waals surface area (Å²) in [6.07, 6.45) is 2.03. The van der Waals surface area contributed by atoms with Crippen molar-refractivity contribution in [3.8, 4) is 6.07 Å². The number of nitrogens with zero attached hydrogens (tertiary/aromatic N) is 7. The van der Waals surface area contributed by atoms with Crippen LogP contribution < -0.4 is 9.80 Å². The Bertz CT molecular complexity index is 673. The summed E-state index contributed by atoms with van der Waals surface area (Å²) in [5, 5.41) is 20.7. The number of anilines is 2. The highest BCUT2D eigenvalue weighted by Crippen LogP contribution is 2.28. The normalized spacial score (nSPS) is 18.0. The average Bonchev–Trinajstić information content (AvgIpc) is 3.05. The summed E-state index contributed by atoms with van der Waals surface area (Å²) >= 11 is 0. The molecule has 1 aliphatic rings. The number of nitriles is 1. The molecule has 0 N–H and O–H groups in total. The Labute approximate surface area is 128 Å². The molecule has 8 heteroatoms. The van der Waals surface area contributed by atoms with Crippen LogP contribution in [-0.2, 0) is 0 Å². The number of rotatable bonds is 3. The lowest BCUT2D eigenvalue weighted by Gasteiger charge is -2.31. The van der Waals surface area contributed by atoms with Gasteiger partial charge in [0.25, 0.3) is 5.95 Å². The summed E-state index contributed by atoms with van der Waals surface area (Å²) < 4.78 is 5.38. The van der Waals surface area contributed by atoms with E-state index < -0.39 is 0 Å². The van der Waals surface area contributed by atoms with Gasteiger partial charge < -0.3 is 14.3 Å². The molecule has 2 aromatic heterocycles. The molecular formula is C14H17N7O. The van der Waals surface area contributed by atoms with Crippen molar-refractivity contribution >= 4 is 11.8 Å². The lowest BCUT2D eigenvalue weighted by Crippen LogP contribution is -2.35. The van der Waals surface area contributed by atoms with Crippen LogP contribution in [0.5, 0.6) is 0 Å². The van der Waals surface area contributed by atoms with E-state index >= 15 is 0 Å². The maximum atomic E-state index is 8.78. The molecule has 1 atom stereocenters. The Morgan fingerprint density at radius 1 is 1.36 bits per heavy atom. The second-order valence-electron chi connectivity index (χ2n) is 5.50. The number of hydrogen-bond acceptors (Lipinski definition) is 8. The molecule has 0 spiro atoms. The van der Waals surface area contributed by atoms with Crippen molar-refractivity contribution in [2.45, 2.75) is 18.8 Å². The first-order chi connectivity index (χ1) is 10.7. The van der Waals surface area contributed by atoms with Crippen molar-refractivity contribution in [2.24, 2.45) is 0 Å². The van der Waals surface area contributed by atoms with Gasteiger partial charge in [-0.15, -0.1) is 10.2 Å². The fourth-order valence-electron chi connectivity index (χ4n) is 2.51. The average molecular weight is 299 g/mol. The van der Waals surface area contributed by atoms with Crippen LogP contribution in [0.1, 0.15) is 30.3 Å². The van der Waals surface area contributed by atoms with Gasteiger partial charge in [-0.3, -0.25) is 0 Å². The first kappa shape index (κ1) is 14.3. The minimum Gasteiger partial charge on any atom is -0.354 e. The lowest BCUT2D eigenvalue weighted by atomic mass is 9.98. The highest BCUT2D eigenvalue weighted by molar-refractivity contribution is 5.40. The maximum absolute atomic E-state index is 8.78. The van der Waals surface area contributed by atoms with E-state index in [1.807, 2.05) is 31.1 Å². The maximum Gasteiger partial charge on any atom is 0.265 e. The highest BCUT2D eigenvalue weighted by atomic mass is 16.5. The van der Waals surface area contributed by atoms with Gasteiger partial charge in [0.15, 0.2) is 11.5 Å². The van der Waals surface area contributed by atoms with Gasteiger partial charge in [-0.25, -0.2) is 0 Å². The van der Waals surface area contributed by atoms with Crippen molar-refractivity contribution in [1.82, 2.24) is 20.3 Å². The third kappa shape index (κ3) is 2.83. The van der Waals surface area contributed by atoms with E-state index in [2.05, 4.69) is 25.2 Å². The second-order valence-corrected chi connectivity index (χ2v) is 5.50. The lowest BCUT2D eigenvalue weighted by molar-refractivity contribution is 0.332. The van der Waals surface area contributed by atoms with Gasteiger partial charge in [0.2, 0.25) is 5.89 Å². The predicted octanol–water partition coefficient (Wildman–Crippen LogP) is 1.18. The van der Waals surface area contributed by atoms with E-state index in [4.69, 9.17) is 9.78 Å². The zero-order valence-electron chi connectivity index (χ0n) is 12.6. The zero-order chi connectivity index (χ0) is 15.5. The molecule has 0 radical (unpaired) electrons. The van der Waals surface area contributed by atoms with Gasteiger partial charge in [0, 0.05) is 27.2 Å². The largest absolute Gasteiger partial charge is 0.354 e. The van der Waals surface area contributed by atoms with E-state index in [-0.39, 0.29) is 5.92 Å². The van der Waals surface area contributed by atoms with E-state index in [0.717, 1.165) is 31.7 Å². The Kier molecular flexibility index (Phi) is 3.87. The van der Waals surface area contributed by atoms with Gasteiger partial charge in [-0.1, -0.05) is 0 Å². The van der Waals surface area contributed by atoms with Crippen LogP contribution in [0.2, 0.25) is 0 Å². The minimum absolute atomic E-state index is 0.187. The van der Waals surface area contributed by atoms with Crippen molar-refractivity contribution in [2.75, 3.05) is 37.0 Å². The number of aromatic nitrogens is 4. The van der Waals surface area contributed by atoms with Gasteiger partial charge in [0.1, 0.15) is 6.07 Å². The predicted molar refractivity (Wildman–Crippen MR) is 79.6 cm³/mol. The summed E-state index contributed by atoms with van der Waals surface area (Å²) in [4.78, 5) is 8.39. The van der Waals surface area contributed by atoms with E-state index in [1.54, 1.807) is 6.07 Å². The molecule has 1 unspecified atom stereocenters. The Balaban J connectivity index is 1.74. The Morgan fingerprint density at radius 3 is 2.86 bits per heavy atom. The minimum atomic E-state index is 0.187. The molecular weight excluding hydrogens is 282 g/mol. The van der Waals surface area contributed by atoms with Gasteiger partial charge in [-0.2, -0.15) is 10.2 Å². The zero-order valence-corrected chi connectivity index (χ0v) is 12.6. The molecule has 1 saturated heterocycles. The molecule has 2 aromatic rings. The third-order valence-electron chi connectivity index (χ3n) is 3.69. The van der Waals surface area contributed by atoms with E-state index in [9.17, 15) is 0 Å². The van der Waals surface area contributed by atoms with Crippen molar-refractivity contribution in [3.63, 3.8) is 0 Å². The topological polar surface area (TPSA) is 95.0 Å². The van der Waals surface area contributed by atoms with Crippen LogP contribution in [0.3, 0.4) is 0 Å². The fourth-order valence-corrected chi connectivity index (χ4v) is 2.51. The number of hydrogen-bond donors (Lipinski definition) is 0. The molecule has 3 rings (SSSR count). The summed E-state index contributed by atoms with van der Waals surface area (Å²) in [7, 11) is 3.77. The van der Waals surface area contributed by atoms with Crippen LogP contribution in [0, 0.1) is 11.3 Å². The molecule has 114 valence electrons.